The second-order valence-electron chi connectivity index (χ2n) is 6.38. The molecule has 6 heteroatoms. The molecule has 2 aromatic heterocycles. The van der Waals surface area contributed by atoms with Crippen molar-refractivity contribution >= 4 is 34.6 Å². The van der Waals surface area contributed by atoms with E-state index in [-0.39, 0.29) is 5.78 Å². The minimum atomic E-state index is 0.228. The number of carbonyl (C=O) groups is 1. The van der Waals surface area contributed by atoms with E-state index in [0.29, 0.717) is 18.8 Å². The smallest absolute Gasteiger partial charge is 0.229 e. The molecule has 0 fully saturated rings. The summed E-state index contributed by atoms with van der Waals surface area (Å²) in [6.45, 7) is 1.95. The van der Waals surface area contributed by atoms with Gasteiger partial charge in [-0.1, -0.05) is 18.2 Å². The third kappa shape index (κ3) is 4.89. The lowest BCUT2D eigenvalue weighted by Gasteiger charge is -2.14. The van der Waals surface area contributed by atoms with E-state index in [1.165, 1.54) is 0 Å². The number of aromatic nitrogens is 2. The summed E-state index contributed by atoms with van der Waals surface area (Å²) in [6.07, 6.45) is 0.950. The zero-order chi connectivity index (χ0) is 18.5. The summed E-state index contributed by atoms with van der Waals surface area (Å²) in [5.74, 6) is 1.65. The number of ketones is 1. The average Bonchev–Trinajstić information content (AvgIpc) is 3.09. The Labute approximate surface area is 157 Å². The normalized spacial score (nSPS) is 10.6. The van der Waals surface area contributed by atoms with Crippen LogP contribution >= 0.6 is 11.3 Å². The standard InChI is InChI=1S/C20H22N4OS/c1-14-11-19(24(2)3)23-20(21-14)22-16-8-6-15(7-9-16)12-17(25)13-18-5-4-10-26-18/h4-11H,12-13H2,1-3H3,(H,21,22,23). The maximum atomic E-state index is 12.2. The van der Waals surface area contributed by atoms with Crippen molar-refractivity contribution in [2.24, 2.45) is 0 Å². The van der Waals surface area contributed by atoms with Gasteiger partial charge in [-0.2, -0.15) is 4.98 Å². The van der Waals surface area contributed by atoms with E-state index in [2.05, 4.69) is 15.3 Å². The van der Waals surface area contributed by atoms with Gasteiger partial charge in [0, 0.05) is 49.3 Å². The van der Waals surface area contributed by atoms with Gasteiger partial charge in [0.05, 0.1) is 0 Å². The van der Waals surface area contributed by atoms with Gasteiger partial charge in [0.15, 0.2) is 0 Å². The number of nitrogens with one attached hydrogen (secondary N) is 1. The Kier molecular flexibility index (Phi) is 5.63. The van der Waals surface area contributed by atoms with Crippen LogP contribution in [-0.2, 0) is 17.6 Å². The molecule has 3 aromatic rings. The average molecular weight is 366 g/mol. The second kappa shape index (κ2) is 8.10. The lowest BCUT2D eigenvalue weighted by Crippen LogP contribution is -2.12. The van der Waals surface area contributed by atoms with Crippen molar-refractivity contribution in [3.8, 4) is 0 Å². The number of rotatable bonds is 7. The van der Waals surface area contributed by atoms with Crippen LogP contribution in [0.25, 0.3) is 0 Å². The number of thiophene rings is 1. The fourth-order valence-corrected chi connectivity index (χ4v) is 3.30. The van der Waals surface area contributed by atoms with Gasteiger partial charge in [0.2, 0.25) is 5.95 Å². The van der Waals surface area contributed by atoms with Gasteiger partial charge in [0.1, 0.15) is 11.6 Å². The van der Waals surface area contributed by atoms with Crippen molar-refractivity contribution in [2.75, 3.05) is 24.3 Å². The Morgan fingerprint density at radius 2 is 1.88 bits per heavy atom. The molecule has 134 valence electrons. The number of anilines is 3. The van der Waals surface area contributed by atoms with E-state index in [9.17, 15) is 4.79 Å². The van der Waals surface area contributed by atoms with E-state index in [1.54, 1.807) is 11.3 Å². The van der Waals surface area contributed by atoms with Gasteiger partial charge in [0.25, 0.3) is 0 Å². The molecule has 0 amide bonds. The Bertz CT molecular complexity index is 873. The van der Waals surface area contributed by atoms with E-state index in [0.717, 1.165) is 27.6 Å². The first-order valence-electron chi connectivity index (χ1n) is 8.42. The highest BCUT2D eigenvalue weighted by atomic mass is 32.1. The Morgan fingerprint density at radius 1 is 1.12 bits per heavy atom. The summed E-state index contributed by atoms with van der Waals surface area (Å²) in [4.78, 5) is 24.1. The van der Waals surface area contributed by atoms with Gasteiger partial charge in [-0.05, 0) is 36.1 Å². The zero-order valence-electron chi connectivity index (χ0n) is 15.2. The topological polar surface area (TPSA) is 58.1 Å². The SMILES string of the molecule is Cc1cc(N(C)C)nc(Nc2ccc(CC(=O)Cc3cccs3)cc2)n1. The first kappa shape index (κ1) is 18.1. The molecule has 0 saturated carbocycles. The highest BCUT2D eigenvalue weighted by Gasteiger charge is 2.07. The van der Waals surface area contributed by atoms with Crippen LogP contribution in [0.15, 0.2) is 47.8 Å². The van der Waals surface area contributed by atoms with Crippen LogP contribution in [0.1, 0.15) is 16.1 Å². The van der Waals surface area contributed by atoms with Crippen molar-refractivity contribution < 1.29 is 4.79 Å². The van der Waals surface area contributed by atoms with Gasteiger partial charge in [-0.15, -0.1) is 11.3 Å². The molecule has 0 bridgehead atoms. The van der Waals surface area contributed by atoms with Crippen LogP contribution in [0.4, 0.5) is 17.5 Å². The molecule has 2 heterocycles. The highest BCUT2D eigenvalue weighted by Crippen LogP contribution is 2.18. The quantitative estimate of drug-likeness (QED) is 0.685. The maximum Gasteiger partial charge on any atom is 0.229 e. The second-order valence-corrected chi connectivity index (χ2v) is 7.41. The third-order valence-electron chi connectivity index (χ3n) is 3.86. The summed E-state index contributed by atoms with van der Waals surface area (Å²) in [5, 5.41) is 5.22. The molecule has 0 radical (unpaired) electrons. The first-order valence-corrected chi connectivity index (χ1v) is 9.30. The van der Waals surface area contributed by atoms with Gasteiger partial charge in [-0.25, -0.2) is 4.98 Å². The molecule has 0 saturated heterocycles. The number of hydrogen-bond acceptors (Lipinski definition) is 6. The number of aryl methyl sites for hydroxylation is 1. The summed E-state index contributed by atoms with van der Waals surface area (Å²) < 4.78 is 0. The van der Waals surface area contributed by atoms with Crippen molar-refractivity contribution in [2.45, 2.75) is 19.8 Å². The fourth-order valence-electron chi connectivity index (χ4n) is 2.57. The van der Waals surface area contributed by atoms with Crippen LogP contribution in [0.5, 0.6) is 0 Å². The summed E-state index contributed by atoms with van der Waals surface area (Å²) in [7, 11) is 3.90. The molecule has 0 aliphatic carbocycles. The largest absolute Gasteiger partial charge is 0.363 e. The summed E-state index contributed by atoms with van der Waals surface area (Å²) in [6, 6.07) is 13.8. The fraction of sp³-hybridized carbons (Fsp3) is 0.250. The molecular formula is C20H22N4OS. The van der Waals surface area contributed by atoms with E-state index in [4.69, 9.17) is 0 Å². The first-order chi connectivity index (χ1) is 12.5. The summed E-state index contributed by atoms with van der Waals surface area (Å²) >= 11 is 1.62. The van der Waals surface area contributed by atoms with Crippen LogP contribution in [0.3, 0.4) is 0 Å². The number of hydrogen-bond donors (Lipinski definition) is 1. The summed E-state index contributed by atoms with van der Waals surface area (Å²) in [5.41, 5.74) is 2.81. The highest BCUT2D eigenvalue weighted by molar-refractivity contribution is 7.10. The van der Waals surface area contributed by atoms with Crippen molar-refractivity contribution in [1.29, 1.82) is 0 Å². The molecule has 0 atom stereocenters. The van der Waals surface area contributed by atoms with E-state index >= 15 is 0 Å². The molecule has 26 heavy (non-hydrogen) atoms. The zero-order valence-corrected chi connectivity index (χ0v) is 16.0. The van der Waals surface area contributed by atoms with Crippen LogP contribution in [-0.4, -0.2) is 29.8 Å². The lowest BCUT2D eigenvalue weighted by atomic mass is 10.1. The van der Waals surface area contributed by atoms with Crippen LogP contribution < -0.4 is 10.2 Å². The number of benzene rings is 1. The molecule has 0 unspecified atom stereocenters. The van der Waals surface area contributed by atoms with Gasteiger partial charge in [-0.3, -0.25) is 4.79 Å². The number of Topliss-reactive ketones (excluding diaryl/α,β-unsaturated/α-hetero) is 1. The number of carbonyl (C=O) groups excluding carboxylic acids is 1. The minimum absolute atomic E-state index is 0.228. The molecule has 0 aliphatic heterocycles. The van der Waals surface area contributed by atoms with Crippen LogP contribution in [0.2, 0.25) is 0 Å². The van der Waals surface area contributed by atoms with Gasteiger partial charge < -0.3 is 10.2 Å². The van der Waals surface area contributed by atoms with Crippen molar-refractivity contribution in [1.82, 2.24) is 9.97 Å². The molecule has 1 aromatic carbocycles. The van der Waals surface area contributed by atoms with E-state index < -0.39 is 0 Å². The molecule has 3 rings (SSSR count). The maximum absolute atomic E-state index is 12.2. The predicted molar refractivity (Wildman–Crippen MR) is 108 cm³/mol. The number of nitrogens with zero attached hydrogens (tertiary/aromatic N) is 3. The van der Waals surface area contributed by atoms with Crippen LogP contribution in [0, 0.1) is 6.92 Å². The van der Waals surface area contributed by atoms with Crippen molar-refractivity contribution in [3.05, 3.63) is 64.0 Å². The molecule has 0 spiro atoms. The molecular weight excluding hydrogens is 344 g/mol. The van der Waals surface area contributed by atoms with E-state index in [1.807, 2.05) is 73.8 Å². The third-order valence-corrected chi connectivity index (χ3v) is 4.74. The minimum Gasteiger partial charge on any atom is -0.363 e. The Balaban J connectivity index is 1.63. The lowest BCUT2D eigenvalue weighted by molar-refractivity contribution is -0.117. The Hall–Kier alpha value is -2.73. The van der Waals surface area contributed by atoms with Gasteiger partial charge >= 0.3 is 0 Å². The molecule has 1 N–H and O–H groups in total. The monoisotopic (exact) mass is 366 g/mol. The Morgan fingerprint density at radius 3 is 2.54 bits per heavy atom. The predicted octanol–water partition coefficient (Wildman–Crippen LogP) is 4.01. The van der Waals surface area contributed by atoms with Crippen molar-refractivity contribution in [3.63, 3.8) is 0 Å². The molecule has 0 aliphatic rings. The molecule has 5 nitrogen and oxygen atoms in total.